The van der Waals surface area contributed by atoms with Gasteiger partial charge in [0.15, 0.2) is 0 Å². The van der Waals surface area contributed by atoms with Crippen molar-refractivity contribution < 1.29 is 13.2 Å². The van der Waals surface area contributed by atoms with Crippen molar-refractivity contribution in [3.05, 3.63) is 35.9 Å². The Morgan fingerprint density at radius 1 is 1.12 bits per heavy atom. The van der Waals surface area contributed by atoms with Crippen molar-refractivity contribution in [2.24, 2.45) is 5.41 Å². The van der Waals surface area contributed by atoms with Crippen molar-refractivity contribution in [1.82, 2.24) is 13.5 Å². The molecule has 2 aliphatic rings. The van der Waals surface area contributed by atoms with E-state index in [1.807, 2.05) is 23.1 Å². The first-order valence-corrected chi connectivity index (χ1v) is 10.8. The molecule has 0 saturated carbocycles. The van der Waals surface area contributed by atoms with Crippen LogP contribution < -0.4 is 0 Å². The molecule has 2 saturated heterocycles. The number of hydrogen-bond donors (Lipinski definition) is 0. The highest BCUT2D eigenvalue weighted by atomic mass is 32.2. The third kappa shape index (κ3) is 3.80. The fourth-order valence-electron chi connectivity index (χ4n) is 4.13. The minimum Gasteiger partial charge on any atom is -0.342 e. The van der Waals surface area contributed by atoms with Gasteiger partial charge in [0.1, 0.15) is 0 Å². The standard InChI is InChI=1S/C19H29N3O3S/c1-20(2)26(24,25)22-15-12-19(16-22)11-7-14-21(18(19)23)13-6-10-17-8-4-3-5-9-17/h3-5,8-9H,6-7,10-16H2,1-2H3/t19-/m1/s1. The third-order valence-electron chi connectivity index (χ3n) is 5.67. The average Bonchev–Trinajstić information content (AvgIpc) is 3.05. The smallest absolute Gasteiger partial charge is 0.281 e. The first-order valence-electron chi connectivity index (χ1n) is 9.36. The Bertz CT molecular complexity index is 736. The second-order valence-corrected chi connectivity index (χ2v) is 9.78. The molecule has 7 heteroatoms. The number of amides is 1. The Hall–Kier alpha value is -1.44. The predicted molar refractivity (Wildman–Crippen MR) is 102 cm³/mol. The van der Waals surface area contributed by atoms with Gasteiger partial charge < -0.3 is 4.90 Å². The zero-order chi connectivity index (χ0) is 18.8. The monoisotopic (exact) mass is 379 g/mol. The number of hydrogen-bond acceptors (Lipinski definition) is 3. The van der Waals surface area contributed by atoms with Crippen molar-refractivity contribution in [2.45, 2.75) is 32.1 Å². The molecule has 26 heavy (non-hydrogen) atoms. The quantitative estimate of drug-likeness (QED) is 0.756. The minimum atomic E-state index is -3.45. The highest BCUT2D eigenvalue weighted by Gasteiger charge is 2.50. The van der Waals surface area contributed by atoms with Gasteiger partial charge >= 0.3 is 0 Å². The van der Waals surface area contributed by atoms with Gasteiger partial charge in [-0.25, -0.2) is 0 Å². The van der Waals surface area contributed by atoms with Crippen LogP contribution in [0.15, 0.2) is 30.3 Å². The molecule has 0 unspecified atom stereocenters. The summed E-state index contributed by atoms with van der Waals surface area (Å²) < 4.78 is 27.5. The Morgan fingerprint density at radius 3 is 2.54 bits per heavy atom. The molecule has 1 aromatic carbocycles. The van der Waals surface area contributed by atoms with E-state index in [0.29, 0.717) is 19.5 Å². The number of benzene rings is 1. The van der Waals surface area contributed by atoms with Crippen LogP contribution >= 0.6 is 0 Å². The van der Waals surface area contributed by atoms with Gasteiger partial charge in [-0.1, -0.05) is 30.3 Å². The number of carbonyl (C=O) groups excluding carboxylic acids is 1. The summed E-state index contributed by atoms with van der Waals surface area (Å²) in [6, 6.07) is 10.3. The third-order valence-corrected chi connectivity index (χ3v) is 7.55. The van der Waals surface area contributed by atoms with E-state index in [-0.39, 0.29) is 5.91 Å². The number of nitrogens with zero attached hydrogens (tertiary/aromatic N) is 3. The molecule has 0 bridgehead atoms. The molecule has 2 aliphatic heterocycles. The van der Waals surface area contributed by atoms with E-state index >= 15 is 0 Å². The molecule has 0 aromatic heterocycles. The van der Waals surface area contributed by atoms with Crippen molar-refractivity contribution in [3.8, 4) is 0 Å². The highest BCUT2D eigenvalue weighted by Crippen LogP contribution is 2.41. The summed E-state index contributed by atoms with van der Waals surface area (Å²) in [7, 11) is -0.369. The summed E-state index contributed by atoms with van der Waals surface area (Å²) in [6.45, 7) is 2.29. The van der Waals surface area contributed by atoms with Crippen LogP contribution in [-0.4, -0.2) is 68.1 Å². The molecule has 2 heterocycles. The number of carbonyl (C=O) groups is 1. The lowest BCUT2D eigenvalue weighted by Crippen LogP contribution is -2.51. The van der Waals surface area contributed by atoms with E-state index in [4.69, 9.17) is 0 Å². The van der Waals surface area contributed by atoms with E-state index in [9.17, 15) is 13.2 Å². The molecule has 1 aromatic rings. The first-order chi connectivity index (χ1) is 12.3. The Kier molecular flexibility index (Phi) is 5.69. The van der Waals surface area contributed by atoms with Crippen molar-refractivity contribution in [2.75, 3.05) is 40.3 Å². The van der Waals surface area contributed by atoms with Gasteiger partial charge in [-0.3, -0.25) is 4.79 Å². The molecule has 0 N–H and O–H groups in total. The Morgan fingerprint density at radius 2 is 1.85 bits per heavy atom. The molecule has 6 nitrogen and oxygen atoms in total. The molecular formula is C19H29N3O3S. The van der Waals surface area contributed by atoms with Gasteiger partial charge in [0, 0.05) is 40.3 Å². The number of rotatable bonds is 6. The van der Waals surface area contributed by atoms with Gasteiger partial charge in [0.2, 0.25) is 5.91 Å². The van der Waals surface area contributed by atoms with Gasteiger partial charge in [0.05, 0.1) is 5.41 Å². The fraction of sp³-hybridized carbons (Fsp3) is 0.632. The molecule has 0 radical (unpaired) electrons. The molecule has 1 amide bonds. The van der Waals surface area contributed by atoms with Gasteiger partial charge in [-0.2, -0.15) is 17.0 Å². The average molecular weight is 380 g/mol. The summed E-state index contributed by atoms with van der Waals surface area (Å²) >= 11 is 0. The number of aryl methyl sites for hydroxylation is 1. The van der Waals surface area contributed by atoms with Crippen LogP contribution in [0.4, 0.5) is 0 Å². The van der Waals surface area contributed by atoms with E-state index in [2.05, 4.69) is 12.1 Å². The molecule has 1 atom stereocenters. The van der Waals surface area contributed by atoms with E-state index in [1.165, 1.54) is 14.2 Å². The first kappa shape index (κ1) is 19.3. The predicted octanol–water partition coefficient (Wildman–Crippen LogP) is 1.74. The van der Waals surface area contributed by atoms with Gasteiger partial charge in [-0.05, 0) is 37.7 Å². The Labute approximate surface area is 157 Å². The van der Waals surface area contributed by atoms with Crippen molar-refractivity contribution in [1.29, 1.82) is 0 Å². The van der Waals surface area contributed by atoms with Crippen LogP contribution in [0.25, 0.3) is 0 Å². The Balaban J connectivity index is 1.61. The van der Waals surface area contributed by atoms with Crippen LogP contribution in [0, 0.1) is 5.41 Å². The second kappa shape index (κ2) is 7.66. The van der Waals surface area contributed by atoms with Crippen LogP contribution in [0.3, 0.4) is 0 Å². The minimum absolute atomic E-state index is 0.147. The van der Waals surface area contributed by atoms with Crippen LogP contribution in [0.2, 0.25) is 0 Å². The van der Waals surface area contributed by atoms with E-state index < -0.39 is 15.6 Å². The number of likely N-dealkylation sites (tertiary alicyclic amines) is 1. The zero-order valence-electron chi connectivity index (χ0n) is 15.7. The van der Waals surface area contributed by atoms with Crippen LogP contribution in [0.1, 0.15) is 31.2 Å². The zero-order valence-corrected chi connectivity index (χ0v) is 16.5. The van der Waals surface area contributed by atoms with E-state index in [0.717, 1.165) is 38.8 Å². The largest absolute Gasteiger partial charge is 0.342 e. The maximum absolute atomic E-state index is 13.1. The molecule has 2 fully saturated rings. The molecule has 3 rings (SSSR count). The highest BCUT2D eigenvalue weighted by molar-refractivity contribution is 7.86. The van der Waals surface area contributed by atoms with Crippen LogP contribution in [-0.2, 0) is 21.4 Å². The lowest BCUT2D eigenvalue weighted by atomic mass is 9.78. The summed E-state index contributed by atoms with van der Waals surface area (Å²) in [5.41, 5.74) is 0.768. The van der Waals surface area contributed by atoms with Crippen molar-refractivity contribution >= 4 is 16.1 Å². The number of piperidine rings is 1. The van der Waals surface area contributed by atoms with Crippen LogP contribution in [0.5, 0.6) is 0 Å². The maximum Gasteiger partial charge on any atom is 0.281 e. The normalized spacial score (nSPS) is 24.7. The summed E-state index contributed by atoms with van der Waals surface area (Å²) in [5, 5.41) is 0. The maximum atomic E-state index is 13.1. The molecular weight excluding hydrogens is 350 g/mol. The molecule has 0 aliphatic carbocycles. The lowest BCUT2D eigenvalue weighted by Gasteiger charge is -2.39. The van der Waals surface area contributed by atoms with E-state index in [1.54, 1.807) is 14.1 Å². The lowest BCUT2D eigenvalue weighted by molar-refractivity contribution is -0.145. The summed E-state index contributed by atoms with van der Waals surface area (Å²) in [4.78, 5) is 15.1. The van der Waals surface area contributed by atoms with Gasteiger partial charge in [-0.15, -0.1) is 0 Å². The fourth-order valence-corrected chi connectivity index (χ4v) is 5.32. The summed E-state index contributed by atoms with van der Waals surface area (Å²) in [6.07, 6.45) is 4.27. The SMILES string of the molecule is CN(C)S(=O)(=O)N1CC[C@]2(CCCN(CCCc3ccccc3)C2=O)C1. The molecule has 144 valence electrons. The summed E-state index contributed by atoms with van der Waals surface area (Å²) in [5.74, 6) is 0.147. The van der Waals surface area contributed by atoms with Gasteiger partial charge in [0.25, 0.3) is 10.2 Å². The second-order valence-electron chi connectivity index (χ2n) is 7.64. The molecule has 1 spiro atoms. The topological polar surface area (TPSA) is 60.9 Å². The van der Waals surface area contributed by atoms with Crippen molar-refractivity contribution in [3.63, 3.8) is 0 Å².